The number of alkyl halides is 3. The van der Waals surface area contributed by atoms with Crippen LogP contribution in [0.4, 0.5) is 13.2 Å². The third kappa shape index (κ3) is 3.73. The molecule has 0 aliphatic heterocycles. The Morgan fingerprint density at radius 2 is 1.69 bits per heavy atom. The predicted octanol–water partition coefficient (Wildman–Crippen LogP) is 2.62. The van der Waals surface area contributed by atoms with E-state index in [1.54, 1.807) is 0 Å². The molecule has 0 spiro atoms. The lowest BCUT2D eigenvalue weighted by molar-refractivity contribution is -0.884. The summed E-state index contributed by atoms with van der Waals surface area (Å²) in [6.07, 6.45) is -4.42. The molecule has 0 unspecified atom stereocenters. The fraction of sp³-hybridized carbons (Fsp3) is 0.455. The first-order chi connectivity index (χ1) is 7.08. The highest BCUT2D eigenvalue weighted by atomic mass is 19.4. The molecule has 0 heterocycles. The SMILES string of the molecule is C[N+](C)(C)Cc1cc(O)cc(C(F)(F)F)c1. The largest absolute Gasteiger partial charge is 0.508 e. The van der Waals surface area contributed by atoms with Gasteiger partial charge in [0.1, 0.15) is 12.3 Å². The maximum absolute atomic E-state index is 12.5. The molecule has 1 aromatic rings. The molecule has 90 valence electrons. The minimum absolute atomic E-state index is 0.349. The van der Waals surface area contributed by atoms with Gasteiger partial charge in [-0.3, -0.25) is 0 Å². The average molecular weight is 234 g/mol. The van der Waals surface area contributed by atoms with Crippen molar-refractivity contribution in [2.24, 2.45) is 0 Å². The van der Waals surface area contributed by atoms with Crippen molar-refractivity contribution >= 4 is 0 Å². The number of rotatable bonds is 2. The van der Waals surface area contributed by atoms with Gasteiger partial charge in [-0.05, 0) is 18.2 Å². The smallest absolute Gasteiger partial charge is 0.416 e. The van der Waals surface area contributed by atoms with Crippen LogP contribution in [0.3, 0.4) is 0 Å². The maximum Gasteiger partial charge on any atom is 0.416 e. The topological polar surface area (TPSA) is 20.2 Å². The summed E-state index contributed by atoms with van der Waals surface area (Å²) in [5.41, 5.74) is -0.337. The Labute approximate surface area is 92.5 Å². The summed E-state index contributed by atoms with van der Waals surface area (Å²) in [7, 11) is 5.62. The summed E-state index contributed by atoms with van der Waals surface area (Å²) >= 11 is 0. The lowest BCUT2D eigenvalue weighted by Gasteiger charge is -2.24. The molecule has 5 heteroatoms. The number of aromatic hydroxyl groups is 1. The molecule has 2 nitrogen and oxygen atoms in total. The van der Waals surface area contributed by atoms with E-state index in [1.165, 1.54) is 6.07 Å². The molecular formula is C11H15F3NO+. The predicted molar refractivity (Wildman–Crippen MR) is 54.8 cm³/mol. The fourth-order valence-corrected chi connectivity index (χ4v) is 1.48. The van der Waals surface area contributed by atoms with Gasteiger partial charge in [-0.1, -0.05) is 0 Å². The van der Waals surface area contributed by atoms with Gasteiger partial charge >= 0.3 is 6.18 Å². The van der Waals surface area contributed by atoms with E-state index in [2.05, 4.69) is 0 Å². The monoisotopic (exact) mass is 234 g/mol. The van der Waals surface area contributed by atoms with E-state index in [-0.39, 0.29) is 5.75 Å². The third-order valence-corrected chi connectivity index (χ3v) is 1.96. The van der Waals surface area contributed by atoms with Crippen molar-refractivity contribution < 1.29 is 22.8 Å². The van der Waals surface area contributed by atoms with E-state index in [9.17, 15) is 18.3 Å². The van der Waals surface area contributed by atoms with Gasteiger partial charge in [-0.25, -0.2) is 0 Å². The second kappa shape index (κ2) is 3.97. The molecular weight excluding hydrogens is 219 g/mol. The normalized spacial score (nSPS) is 12.9. The van der Waals surface area contributed by atoms with Crippen LogP contribution in [0.15, 0.2) is 18.2 Å². The molecule has 0 saturated heterocycles. The molecule has 1 rings (SSSR count). The van der Waals surface area contributed by atoms with Gasteiger partial charge in [-0.2, -0.15) is 13.2 Å². The van der Waals surface area contributed by atoms with Crippen LogP contribution < -0.4 is 0 Å². The Kier molecular flexibility index (Phi) is 3.19. The molecule has 0 saturated carbocycles. The molecule has 0 amide bonds. The Morgan fingerprint density at radius 1 is 1.12 bits per heavy atom. The Balaban J connectivity index is 3.09. The van der Waals surface area contributed by atoms with Crippen LogP contribution in [0.2, 0.25) is 0 Å². The van der Waals surface area contributed by atoms with Crippen molar-refractivity contribution in [1.82, 2.24) is 0 Å². The summed E-state index contributed by atoms with van der Waals surface area (Å²) in [6.45, 7) is 0.428. The first-order valence-electron chi connectivity index (χ1n) is 4.78. The Morgan fingerprint density at radius 3 is 2.12 bits per heavy atom. The molecule has 0 atom stereocenters. The van der Waals surface area contributed by atoms with Crippen molar-refractivity contribution in [1.29, 1.82) is 0 Å². The zero-order valence-electron chi connectivity index (χ0n) is 9.47. The van der Waals surface area contributed by atoms with Crippen LogP contribution in [0, 0.1) is 0 Å². The van der Waals surface area contributed by atoms with Crippen LogP contribution in [-0.2, 0) is 12.7 Å². The number of halogens is 3. The van der Waals surface area contributed by atoms with E-state index in [4.69, 9.17) is 0 Å². The van der Waals surface area contributed by atoms with Gasteiger partial charge in [0.05, 0.1) is 26.7 Å². The molecule has 0 radical (unpaired) electrons. The summed E-state index contributed by atoms with van der Waals surface area (Å²) in [6, 6.07) is 3.17. The van der Waals surface area contributed by atoms with Gasteiger partial charge in [0.15, 0.2) is 0 Å². The Bertz CT molecular complexity index is 380. The molecule has 0 fully saturated rings. The van der Waals surface area contributed by atoms with Crippen LogP contribution in [0.25, 0.3) is 0 Å². The highest BCUT2D eigenvalue weighted by Gasteiger charge is 2.31. The zero-order chi connectivity index (χ0) is 12.6. The minimum Gasteiger partial charge on any atom is -0.508 e. The molecule has 0 aliphatic carbocycles. The lowest BCUT2D eigenvalue weighted by Crippen LogP contribution is -2.33. The number of phenolic OH excluding ortho intramolecular Hbond substituents is 1. The van der Waals surface area contributed by atoms with Crippen molar-refractivity contribution in [3.63, 3.8) is 0 Å². The van der Waals surface area contributed by atoms with Crippen LogP contribution in [0.1, 0.15) is 11.1 Å². The van der Waals surface area contributed by atoms with Gasteiger partial charge in [-0.15, -0.1) is 0 Å². The summed E-state index contributed by atoms with van der Waals surface area (Å²) < 4.78 is 37.9. The molecule has 1 aromatic carbocycles. The van der Waals surface area contributed by atoms with Crippen LogP contribution >= 0.6 is 0 Å². The fourth-order valence-electron chi connectivity index (χ4n) is 1.48. The number of quaternary nitrogens is 1. The number of phenols is 1. The van der Waals surface area contributed by atoms with Crippen molar-refractivity contribution in [3.05, 3.63) is 29.3 Å². The van der Waals surface area contributed by atoms with E-state index < -0.39 is 11.7 Å². The standard InChI is InChI=1S/C11H14F3NO/c1-15(2,3)7-8-4-9(11(12,13)14)6-10(16)5-8/h4-6H,7H2,1-3H3/p+1. The molecule has 0 aromatic heterocycles. The first kappa shape index (κ1) is 12.8. The second-order valence-corrected chi connectivity index (χ2v) is 4.83. The quantitative estimate of drug-likeness (QED) is 0.780. The molecule has 0 aliphatic rings. The zero-order valence-corrected chi connectivity index (χ0v) is 9.47. The van der Waals surface area contributed by atoms with E-state index in [1.807, 2.05) is 21.1 Å². The van der Waals surface area contributed by atoms with E-state index in [0.29, 0.717) is 16.6 Å². The lowest BCUT2D eigenvalue weighted by atomic mass is 10.1. The average Bonchev–Trinajstić information content (AvgIpc) is 1.97. The van der Waals surface area contributed by atoms with Crippen LogP contribution in [-0.4, -0.2) is 30.7 Å². The highest BCUT2D eigenvalue weighted by molar-refractivity contribution is 5.34. The molecule has 16 heavy (non-hydrogen) atoms. The first-order valence-corrected chi connectivity index (χ1v) is 4.78. The number of benzene rings is 1. The van der Waals surface area contributed by atoms with Crippen molar-refractivity contribution in [2.45, 2.75) is 12.7 Å². The summed E-state index contributed by atoms with van der Waals surface area (Å²) in [5, 5.41) is 9.25. The number of nitrogens with zero attached hydrogens (tertiary/aromatic N) is 1. The van der Waals surface area contributed by atoms with Gasteiger partial charge in [0.25, 0.3) is 0 Å². The summed E-state index contributed by atoms with van der Waals surface area (Å²) in [4.78, 5) is 0. The third-order valence-electron chi connectivity index (χ3n) is 1.96. The second-order valence-electron chi connectivity index (χ2n) is 4.83. The van der Waals surface area contributed by atoms with Crippen molar-refractivity contribution in [3.8, 4) is 5.75 Å². The van der Waals surface area contributed by atoms with E-state index in [0.717, 1.165) is 12.1 Å². The van der Waals surface area contributed by atoms with Crippen LogP contribution in [0.5, 0.6) is 5.75 Å². The van der Waals surface area contributed by atoms with Gasteiger partial charge in [0.2, 0.25) is 0 Å². The Hall–Kier alpha value is -1.23. The minimum atomic E-state index is -4.42. The number of hydrogen-bond donors (Lipinski definition) is 1. The molecule has 0 bridgehead atoms. The van der Waals surface area contributed by atoms with Gasteiger partial charge in [0, 0.05) is 5.56 Å². The van der Waals surface area contributed by atoms with Crippen molar-refractivity contribution in [2.75, 3.05) is 21.1 Å². The molecule has 1 N–H and O–H groups in total. The maximum atomic E-state index is 12.5. The van der Waals surface area contributed by atoms with E-state index >= 15 is 0 Å². The highest BCUT2D eigenvalue weighted by Crippen LogP contribution is 2.32. The number of hydrogen-bond acceptors (Lipinski definition) is 1. The van der Waals surface area contributed by atoms with Gasteiger partial charge < -0.3 is 9.59 Å². The summed E-state index contributed by atoms with van der Waals surface area (Å²) in [5.74, 6) is -0.349.